The Balaban J connectivity index is 2.05. The molecule has 1 N–H and O–H groups in total. The second-order valence-electron chi connectivity index (χ2n) is 4.84. The van der Waals surface area contributed by atoms with Crippen LogP contribution in [0.2, 0.25) is 5.02 Å². The van der Waals surface area contributed by atoms with E-state index in [1.165, 1.54) is 5.56 Å². The van der Waals surface area contributed by atoms with E-state index < -0.39 is 0 Å². The summed E-state index contributed by atoms with van der Waals surface area (Å²) >= 11 is 9.80. The predicted octanol–water partition coefficient (Wildman–Crippen LogP) is 4.25. The highest BCUT2D eigenvalue weighted by molar-refractivity contribution is 9.10. The Morgan fingerprint density at radius 1 is 1.35 bits per heavy atom. The van der Waals surface area contributed by atoms with Crippen molar-refractivity contribution in [2.24, 2.45) is 7.05 Å². The standard InChI is InChI=1S/C15H19BrClN3/c1-4-13-15(17)14(20(3)19-13)9-18-10(2)11-5-7-12(16)8-6-11/h5-8,10,18H,4,9H2,1-3H3/t10-/m0/s1. The molecule has 20 heavy (non-hydrogen) atoms. The number of halogens is 2. The number of hydrogen-bond acceptors (Lipinski definition) is 2. The normalized spacial score (nSPS) is 12.7. The van der Waals surface area contributed by atoms with Gasteiger partial charge in [-0.15, -0.1) is 0 Å². The Morgan fingerprint density at radius 3 is 2.55 bits per heavy atom. The zero-order valence-corrected chi connectivity index (χ0v) is 14.3. The third-order valence-electron chi connectivity index (χ3n) is 3.45. The summed E-state index contributed by atoms with van der Waals surface area (Å²) in [5.74, 6) is 0. The van der Waals surface area contributed by atoms with Crippen LogP contribution in [0.1, 0.15) is 36.8 Å². The molecule has 108 valence electrons. The number of aryl methyl sites for hydroxylation is 2. The minimum absolute atomic E-state index is 0.263. The second-order valence-corrected chi connectivity index (χ2v) is 6.13. The molecule has 1 aromatic heterocycles. The van der Waals surface area contributed by atoms with E-state index in [0.717, 1.165) is 27.3 Å². The fourth-order valence-electron chi connectivity index (χ4n) is 2.13. The lowest BCUT2D eigenvalue weighted by atomic mass is 10.1. The van der Waals surface area contributed by atoms with Gasteiger partial charge in [-0.2, -0.15) is 5.10 Å². The van der Waals surface area contributed by atoms with Gasteiger partial charge in [0.2, 0.25) is 0 Å². The van der Waals surface area contributed by atoms with E-state index in [4.69, 9.17) is 11.6 Å². The minimum Gasteiger partial charge on any atom is -0.305 e. The van der Waals surface area contributed by atoms with Crippen LogP contribution < -0.4 is 5.32 Å². The van der Waals surface area contributed by atoms with E-state index in [1.54, 1.807) is 0 Å². The largest absolute Gasteiger partial charge is 0.305 e. The average Bonchev–Trinajstić information content (AvgIpc) is 2.71. The SMILES string of the molecule is CCc1nn(C)c(CN[C@@H](C)c2ccc(Br)cc2)c1Cl. The van der Waals surface area contributed by atoms with E-state index >= 15 is 0 Å². The molecule has 1 heterocycles. The van der Waals surface area contributed by atoms with Gasteiger partial charge in [-0.1, -0.05) is 46.6 Å². The topological polar surface area (TPSA) is 29.9 Å². The average molecular weight is 357 g/mol. The molecule has 0 fully saturated rings. The molecular weight excluding hydrogens is 338 g/mol. The summed E-state index contributed by atoms with van der Waals surface area (Å²) in [6.07, 6.45) is 0.856. The molecule has 3 nitrogen and oxygen atoms in total. The van der Waals surface area contributed by atoms with E-state index in [9.17, 15) is 0 Å². The number of nitrogens with one attached hydrogen (secondary N) is 1. The third-order valence-corrected chi connectivity index (χ3v) is 4.41. The van der Waals surface area contributed by atoms with Crippen LogP contribution in [-0.4, -0.2) is 9.78 Å². The Labute approximate surface area is 133 Å². The van der Waals surface area contributed by atoms with Crippen LogP contribution in [0.5, 0.6) is 0 Å². The van der Waals surface area contributed by atoms with Crippen molar-refractivity contribution in [1.82, 2.24) is 15.1 Å². The number of nitrogens with zero attached hydrogens (tertiary/aromatic N) is 2. The summed E-state index contributed by atoms with van der Waals surface area (Å²) in [5.41, 5.74) is 3.25. The molecular formula is C15H19BrClN3. The summed E-state index contributed by atoms with van der Waals surface area (Å²) < 4.78 is 2.96. The quantitative estimate of drug-likeness (QED) is 0.868. The van der Waals surface area contributed by atoms with Gasteiger partial charge < -0.3 is 5.32 Å². The van der Waals surface area contributed by atoms with Gasteiger partial charge in [0.05, 0.1) is 16.4 Å². The van der Waals surface area contributed by atoms with Gasteiger partial charge in [0.15, 0.2) is 0 Å². The minimum atomic E-state index is 0.263. The third kappa shape index (κ3) is 3.43. The highest BCUT2D eigenvalue weighted by atomic mass is 79.9. The smallest absolute Gasteiger partial charge is 0.0863 e. The number of hydrogen-bond donors (Lipinski definition) is 1. The Morgan fingerprint density at radius 2 is 2.00 bits per heavy atom. The number of aromatic nitrogens is 2. The molecule has 0 amide bonds. The molecule has 1 aromatic carbocycles. The Hall–Kier alpha value is -0.840. The van der Waals surface area contributed by atoms with Gasteiger partial charge in [-0.3, -0.25) is 4.68 Å². The molecule has 0 aliphatic rings. The first-order chi connectivity index (χ1) is 9.52. The Kier molecular flexibility index (Phi) is 5.24. The fourth-order valence-corrected chi connectivity index (χ4v) is 2.76. The van der Waals surface area contributed by atoms with Crippen LogP contribution in [0, 0.1) is 0 Å². The van der Waals surface area contributed by atoms with E-state index in [0.29, 0.717) is 6.54 Å². The van der Waals surface area contributed by atoms with Crippen molar-refractivity contribution in [3.63, 3.8) is 0 Å². The number of benzene rings is 1. The maximum Gasteiger partial charge on any atom is 0.0863 e. The van der Waals surface area contributed by atoms with Gasteiger partial charge >= 0.3 is 0 Å². The maximum atomic E-state index is 6.35. The molecule has 0 aliphatic carbocycles. The zero-order valence-electron chi connectivity index (χ0n) is 12.0. The summed E-state index contributed by atoms with van der Waals surface area (Å²) in [6.45, 7) is 4.92. The van der Waals surface area contributed by atoms with Crippen LogP contribution in [0.25, 0.3) is 0 Å². The highest BCUT2D eigenvalue weighted by Gasteiger charge is 2.14. The first kappa shape index (κ1) is 15.5. The lowest BCUT2D eigenvalue weighted by Crippen LogP contribution is -2.20. The van der Waals surface area contributed by atoms with Gasteiger partial charge in [0.1, 0.15) is 0 Å². The van der Waals surface area contributed by atoms with Crippen LogP contribution in [0.15, 0.2) is 28.7 Å². The molecule has 2 aromatic rings. The highest BCUT2D eigenvalue weighted by Crippen LogP contribution is 2.22. The lowest BCUT2D eigenvalue weighted by molar-refractivity contribution is 0.548. The van der Waals surface area contributed by atoms with Crippen molar-refractivity contribution < 1.29 is 0 Å². The van der Waals surface area contributed by atoms with Crippen molar-refractivity contribution >= 4 is 27.5 Å². The summed E-state index contributed by atoms with van der Waals surface area (Å²) in [4.78, 5) is 0. The van der Waals surface area contributed by atoms with Gasteiger partial charge in [-0.05, 0) is 31.0 Å². The molecule has 0 saturated carbocycles. The van der Waals surface area contributed by atoms with E-state index in [-0.39, 0.29) is 6.04 Å². The first-order valence-electron chi connectivity index (χ1n) is 6.72. The molecule has 0 aliphatic heterocycles. The Bertz CT molecular complexity index is 578. The number of rotatable bonds is 5. The molecule has 0 unspecified atom stereocenters. The van der Waals surface area contributed by atoms with E-state index in [1.807, 2.05) is 11.7 Å². The zero-order chi connectivity index (χ0) is 14.7. The fraction of sp³-hybridized carbons (Fsp3) is 0.400. The first-order valence-corrected chi connectivity index (χ1v) is 7.89. The van der Waals surface area contributed by atoms with Crippen molar-refractivity contribution in [1.29, 1.82) is 0 Å². The lowest BCUT2D eigenvalue weighted by Gasteiger charge is -2.14. The van der Waals surface area contributed by atoms with Crippen molar-refractivity contribution in [2.45, 2.75) is 32.9 Å². The van der Waals surface area contributed by atoms with Gasteiger partial charge in [0, 0.05) is 24.1 Å². The van der Waals surface area contributed by atoms with E-state index in [2.05, 4.69) is 64.5 Å². The predicted molar refractivity (Wildman–Crippen MR) is 87.0 cm³/mol. The summed E-state index contributed by atoms with van der Waals surface area (Å²) in [7, 11) is 1.94. The molecule has 0 spiro atoms. The van der Waals surface area contributed by atoms with Crippen LogP contribution in [0.3, 0.4) is 0 Å². The van der Waals surface area contributed by atoms with Crippen molar-refractivity contribution in [3.8, 4) is 0 Å². The van der Waals surface area contributed by atoms with Crippen LogP contribution >= 0.6 is 27.5 Å². The summed E-state index contributed by atoms with van der Waals surface area (Å²) in [6, 6.07) is 8.60. The molecule has 1 atom stereocenters. The summed E-state index contributed by atoms with van der Waals surface area (Å²) in [5, 5.41) is 8.71. The van der Waals surface area contributed by atoms with Crippen molar-refractivity contribution in [2.75, 3.05) is 0 Å². The van der Waals surface area contributed by atoms with Crippen LogP contribution in [-0.2, 0) is 20.0 Å². The van der Waals surface area contributed by atoms with Crippen molar-refractivity contribution in [3.05, 3.63) is 50.7 Å². The molecule has 0 saturated heterocycles. The molecule has 0 radical (unpaired) electrons. The van der Waals surface area contributed by atoms with Gasteiger partial charge in [0.25, 0.3) is 0 Å². The molecule has 5 heteroatoms. The maximum absolute atomic E-state index is 6.35. The van der Waals surface area contributed by atoms with Gasteiger partial charge in [-0.25, -0.2) is 0 Å². The monoisotopic (exact) mass is 355 g/mol. The molecule has 2 rings (SSSR count). The second kappa shape index (κ2) is 6.74. The molecule has 0 bridgehead atoms. The van der Waals surface area contributed by atoms with Crippen LogP contribution in [0.4, 0.5) is 0 Å².